The number of rotatable bonds is 5. The van der Waals surface area contributed by atoms with E-state index in [0.29, 0.717) is 6.04 Å². The SMILES string of the molecule is CC(NCc1ccc(N2CCCC2)cc1)C1CCCC1. The van der Waals surface area contributed by atoms with Gasteiger partial charge in [0.25, 0.3) is 0 Å². The Hall–Kier alpha value is -1.02. The number of hydrogen-bond acceptors (Lipinski definition) is 2. The minimum atomic E-state index is 0.663. The maximum absolute atomic E-state index is 3.72. The fourth-order valence-corrected chi connectivity index (χ4v) is 3.70. The standard InChI is InChI=1S/C18H28N2/c1-15(17-6-2-3-7-17)19-14-16-8-10-18(11-9-16)20-12-4-5-13-20/h8-11,15,17,19H,2-7,12-14H2,1H3. The molecule has 1 aliphatic carbocycles. The van der Waals surface area contributed by atoms with Crippen molar-refractivity contribution in [2.24, 2.45) is 5.92 Å². The van der Waals surface area contributed by atoms with Crippen LogP contribution >= 0.6 is 0 Å². The third kappa shape index (κ3) is 3.35. The molecule has 3 rings (SSSR count). The number of anilines is 1. The summed E-state index contributed by atoms with van der Waals surface area (Å²) in [5.41, 5.74) is 2.81. The van der Waals surface area contributed by atoms with E-state index >= 15 is 0 Å². The second-order valence-corrected chi connectivity index (χ2v) is 6.57. The van der Waals surface area contributed by atoms with Crippen molar-refractivity contribution >= 4 is 5.69 Å². The highest BCUT2D eigenvalue weighted by Gasteiger charge is 2.20. The lowest BCUT2D eigenvalue weighted by molar-refractivity contribution is 0.380. The Labute approximate surface area is 123 Å². The van der Waals surface area contributed by atoms with Crippen LogP contribution in [0.2, 0.25) is 0 Å². The largest absolute Gasteiger partial charge is 0.372 e. The van der Waals surface area contributed by atoms with Crippen molar-refractivity contribution in [2.75, 3.05) is 18.0 Å². The minimum Gasteiger partial charge on any atom is -0.372 e. The maximum atomic E-state index is 3.72. The number of hydrogen-bond donors (Lipinski definition) is 1. The first-order valence-corrected chi connectivity index (χ1v) is 8.40. The lowest BCUT2D eigenvalue weighted by atomic mass is 9.99. The predicted molar refractivity (Wildman–Crippen MR) is 86.1 cm³/mol. The predicted octanol–water partition coefficient (Wildman–Crippen LogP) is 3.96. The van der Waals surface area contributed by atoms with Gasteiger partial charge in [0.15, 0.2) is 0 Å². The summed E-state index contributed by atoms with van der Waals surface area (Å²) < 4.78 is 0. The van der Waals surface area contributed by atoms with Gasteiger partial charge >= 0.3 is 0 Å². The molecule has 2 fully saturated rings. The van der Waals surface area contributed by atoms with E-state index in [1.54, 1.807) is 0 Å². The van der Waals surface area contributed by atoms with Crippen LogP contribution in [0.4, 0.5) is 5.69 Å². The number of benzene rings is 1. The molecule has 1 atom stereocenters. The summed E-state index contributed by atoms with van der Waals surface area (Å²) in [5, 5.41) is 3.72. The maximum Gasteiger partial charge on any atom is 0.0366 e. The topological polar surface area (TPSA) is 15.3 Å². The first-order valence-electron chi connectivity index (χ1n) is 8.40. The van der Waals surface area contributed by atoms with Gasteiger partial charge < -0.3 is 10.2 Å². The van der Waals surface area contributed by atoms with Crippen LogP contribution in [0, 0.1) is 5.92 Å². The van der Waals surface area contributed by atoms with Crippen LogP contribution in [-0.2, 0) is 6.54 Å². The van der Waals surface area contributed by atoms with Gasteiger partial charge in [-0.15, -0.1) is 0 Å². The molecule has 0 bridgehead atoms. The fourth-order valence-electron chi connectivity index (χ4n) is 3.70. The zero-order valence-electron chi connectivity index (χ0n) is 12.8. The van der Waals surface area contributed by atoms with Gasteiger partial charge in [0.1, 0.15) is 0 Å². The summed E-state index contributed by atoms with van der Waals surface area (Å²) in [4.78, 5) is 2.50. The highest BCUT2D eigenvalue weighted by atomic mass is 15.1. The normalized spacial score (nSPS) is 21.6. The van der Waals surface area contributed by atoms with Crippen molar-refractivity contribution in [1.29, 1.82) is 0 Å². The Bertz CT molecular complexity index is 400. The zero-order valence-corrected chi connectivity index (χ0v) is 12.8. The van der Waals surface area contributed by atoms with Gasteiger partial charge in [-0.3, -0.25) is 0 Å². The Kier molecular flexibility index (Phi) is 4.62. The minimum absolute atomic E-state index is 0.663. The third-order valence-corrected chi connectivity index (χ3v) is 5.14. The third-order valence-electron chi connectivity index (χ3n) is 5.14. The molecule has 1 saturated heterocycles. The zero-order chi connectivity index (χ0) is 13.8. The van der Waals surface area contributed by atoms with E-state index in [1.165, 1.54) is 62.9 Å². The summed E-state index contributed by atoms with van der Waals surface area (Å²) >= 11 is 0. The van der Waals surface area contributed by atoms with Gasteiger partial charge in [0.05, 0.1) is 0 Å². The summed E-state index contributed by atoms with van der Waals surface area (Å²) in [6.45, 7) is 5.83. The van der Waals surface area contributed by atoms with Crippen molar-refractivity contribution in [1.82, 2.24) is 5.32 Å². The van der Waals surface area contributed by atoms with Crippen LogP contribution in [0.5, 0.6) is 0 Å². The summed E-state index contributed by atoms with van der Waals surface area (Å²) in [7, 11) is 0. The van der Waals surface area contributed by atoms with Gasteiger partial charge in [-0.25, -0.2) is 0 Å². The molecule has 0 spiro atoms. The average Bonchev–Trinajstić information content (AvgIpc) is 3.18. The highest BCUT2D eigenvalue weighted by molar-refractivity contribution is 5.48. The van der Waals surface area contributed by atoms with Crippen LogP contribution in [0.3, 0.4) is 0 Å². The highest BCUT2D eigenvalue weighted by Crippen LogP contribution is 2.27. The summed E-state index contributed by atoms with van der Waals surface area (Å²) in [5.74, 6) is 0.902. The summed E-state index contributed by atoms with van der Waals surface area (Å²) in [6.07, 6.45) is 8.40. The first kappa shape index (κ1) is 13.9. The Morgan fingerprint density at radius 2 is 1.70 bits per heavy atom. The summed E-state index contributed by atoms with van der Waals surface area (Å²) in [6, 6.07) is 9.84. The van der Waals surface area contributed by atoms with Crippen LogP contribution in [0.15, 0.2) is 24.3 Å². The molecule has 2 heteroatoms. The molecule has 0 amide bonds. The molecule has 20 heavy (non-hydrogen) atoms. The van der Waals surface area contributed by atoms with Crippen LogP contribution in [0.1, 0.15) is 51.0 Å². The molecule has 110 valence electrons. The fraction of sp³-hybridized carbons (Fsp3) is 0.667. The molecule has 2 aliphatic rings. The smallest absolute Gasteiger partial charge is 0.0366 e. The van der Waals surface area contributed by atoms with E-state index in [1.807, 2.05) is 0 Å². The Morgan fingerprint density at radius 1 is 1.05 bits per heavy atom. The van der Waals surface area contributed by atoms with Crippen molar-refractivity contribution in [2.45, 2.75) is 58.0 Å². The van der Waals surface area contributed by atoms with Gasteiger partial charge in [-0.2, -0.15) is 0 Å². The lowest BCUT2D eigenvalue weighted by Gasteiger charge is -2.21. The van der Waals surface area contributed by atoms with Gasteiger partial charge in [-0.1, -0.05) is 25.0 Å². The molecule has 1 N–H and O–H groups in total. The molecule has 1 saturated carbocycles. The molecule has 1 aromatic carbocycles. The molecule has 1 aromatic rings. The number of nitrogens with zero attached hydrogens (tertiary/aromatic N) is 1. The van der Waals surface area contributed by atoms with E-state index in [9.17, 15) is 0 Å². The Balaban J connectivity index is 1.50. The van der Waals surface area contributed by atoms with Gasteiger partial charge in [0.2, 0.25) is 0 Å². The molecular formula is C18H28N2. The van der Waals surface area contributed by atoms with E-state index in [2.05, 4.69) is 41.4 Å². The number of nitrogens with one attached hydrogen (secondary N) is 1. The van der Waals surface area contributed by atoms with Crippen molar-refractivity contribution in [3.05, 3.63) is 29.8 Å². The van der Waals surface area contributed by atoms with Crippen LogP contribution in [-0.4, -0.2) is 19.1 Å². The lowest BCUT2D eigenvalue weighted by Crippen LogP contribution is -2.31. The van der Waals surface area contributed by atoms with Crippen LogP contribution in [0.25, 0.3) is 0 Å². The molecular weight excluding hydrogens is 244 g/mol. The molecule has 1 heterocycles. The molecule has 1 aliphatic heterocycles. The van der Waals surface area contributed by atoms with Crippen molar-refractivity contribution in [3.63, 3.8) is 0 Å². The second kappa shape index (κ2) is 6.62. The second-order valence-electron chi connectivity index (χ2n) is 6.57. The molecule has 2 nitrogen and oxygen atoms in total. The molecule has 0 radical (unpaired) electrons. The van der Waals surface area contributed by atoms with Gasteiger partial charge in [-0.05, 0) is 56.2 Å². The van der Waals surface area contributed by atoms with E-state index < -0.39 is 0 Å². The van der Waals surface area contributed by atoms with E-state index in [-0.39, 0.29) is 0 Å². The van der Waals surface area contributed by atoms with E-state index in [0.717, 1.165) is 12.5 Å². The molecule has 1 unspecified atom stereocenters. The quantitative estimate of drug-likeness (QED) is 0.873. The van der Waals surface area contributed by atoms with E-state index in [4.69, 9.17) is 0 Å². The monoisotopic (exact) mass is 272 g/mol. The van der Waals surface area contributed by atoms with Crippen LogP contribution < -0.4 is 10.2 Å². The van der Waals surface area contributed by atoms with Gasteiger partial charge in [0, 0.05) is 31.4 Å². The first-order chi connectivity index (χ1) is 9.83. The van der Waals surface area contributed by atoms with Crippen molar-refractivity contribution < 1.29 is 0 Å². The van der Waals surface area contributed by atoms with Crippen molar-refractivity contribution in [3.8, 4) is 0 Å². The Morgan fingerprint density at radius 3 is 2.35 bits per heavy atom. The molecule has 0 aromatic heterocycles. The average molecular weight is 272 g/mol.